The highest BCUT2D eigenvalue weighted by Gasteiger charge is 2.26. The highest BCUT2D eigenvalue weighted by Crippen LogP contribution is 2.33. The zero-order chi connectivity index (χ0) is 15.5. The Morgan fingerprint density at radius 1 is 1.32 bits per heavy atom. The third kappa shape index (κ3) is 2.97. The molecule has 0 radical (unpaired) electrons. The second-order valence-corrected chi connectivity index (χ2v) is 5.25. The van der Waals surface area contributed by atoms with Crippen LogP contribution in [0.2, 0.25) is 0 Å². The first kappa shape index (κ1) is 14.2. The number of nitro groups is 1. The van der Waals surface area contributed by atoms with Crippen molar-refractivity contribution in [3.8, 4) is 0 Å². The van der Waals surface area contributed by atoms with Crippen LogP contribution in [0.1, 0.15) is 31.4 Å². The Labute approximate surface area is 126 Å². The summed E-state index contributed by atoms with van der Waals surface area (Å²) < 4.78 is 4.93. The Balaban J connectivity index is 1.89. The molecule has 0 atom stereocenters. The first-order chi connectivity index (χ1) is 10.6. The minimum atomic E-state index is -0.493. The van der Waals surface area contributed by atoms with Crippen LogP contribution in [-0.4, -0.2) is 26.1 Å². The van der Waals surface area contributed by atoms with Crippen molar-refractivity contribution >= 4 is 23.1 Å². The molecule has 22 heavy (non-hydrogen) atoms. The molecule has 0 bridgehead atoms. The Bertz CT molecular complexity index is 680. The summed E-state index contributed by atoms with van der Waals surface area (Å²) in [4.78, 5) is 18.9. The molecular formula is C13H16N6O3. The minimum absolute atomic E-state index is 0.0915. The Hall–Kier alpha value is -2.71. The van der Waals surface area contributed by atoms with E-state index in [1.54, 1.807) is 13.0 Å². The van der Waals surface area contributed by atoms with Crippen LogP contribution in [0.25, 0.3) is 0 Å². The summed E-state index contributed by atoms with van der Waals surface area (Å²) in [5.41, 5.74) is -0.185. The van der Waals surface area contributed by atoms with Gasteiger partial charge in [0.2, 0.25) is 11.6 Å². The number of hydrogen-bond donors (Lipinski definition) is 2. The molecule has 3 rings (SSSR count). The standard InChI is InChI=1S/C13H16N6O3/c1-8-6-10(18-22-8)17-13-11(19(20)21)12(14-7-15-13)16-9-4-2-3-5-9/h6-7,9H,2-5H2,1H3,(H2,14,15,16,17,18). The van der Waals surface area contributed by atoms with Crippen molar-refractivity contribution in [1.29, 1.82) is 0 Å². The number of rotatable bonds is 5. The molecule has 0 saturated heterocycles. The van der Waals surface area contributed by atoms with Crippen molar-refractivity contribution < 1.29 is 9.45 Å². The maximum Gasteiger partial charge on any atom is 0.353 e. The van der Waals surface area contributed by atoms with Crippen LogP contribution in [0.5, 0.6) is 0 Å². The van der Waals surface area contributed by atoms with Crippen molar-refractivity contribution in [3.63, 3.8) is 0 Å². The van der Waals surface area contributed by atoms with Crippen molar-refractivity contribution in [2.24, 2.45) is 0 Å². The van der Waals surface area contributed by atoms with Gasteiger partial charge in [0.05, 0.1) is 4.92 Å². The second kappa shape index (κ2) is 5.96. The molecule has 1 fully saturated rings. The van der Waals surface area contributed by atoms with Crippen LogP contribution in [0, 0.1) is 17.0 Å². The van der Waals surface area contributed by atoms with Gasteiger partial charge in [0, 0.05) is 12.1 Å². The number of aryl methyl sites for hydroxylation is 1. The van der Waals surface area contributed by atoms with E-state index in [0.717, 1.165) is 25.7 Å². The van der Waals surface area contributed by atoms with Crippen LogP contribution in [-0.2, 0) is 0 Å². The van der Waals surface area contributed by atoms with Gasteiger partial charge in [-0.15, -0.1) is 0 Å². The largest absolute Gasteiger partial charge is 0.361 e. The van der Waals surface area contributed by atoms with Crippen LogP contribution in [0.3, 0.4) is 0 Å². The molecule has 0 unspecified atom stereocenters. The van der Waals surface area contributed by atoms with Crippen molar-refractivity contribution in [2.75, 3.05) is 10.6 Å². The molecule has 2 N–H and O–H groups in total. The van der Waals surface area contributed by atoms with E-state index in [2.05, 4.69) is 25.8 Å². The van der Waals surface area contributed by atoms with Crippen molar-refractivity contribution in [2.45, 2.75) is 38.6 Å². The van der Waals surface area contributed by atoms with Crippen LogP contribution in [0.15, 0.2) is 16.9 Å². The SMILES string of the molecule is Cc1cc(Nc2ncnc(NC3CCCC3)c2[N+](=O)[O-])no1. The average molecular weight is 304 g/mol. The van der Waals surface area contributed by atoms with Gasteiger partial charge >= 0.3 is 5.69 Å². The monoisotopic (exact) mass is 304 g/mol. The molecule has 1 aliphatic carbocycles. The van der Waals surface area contributed by atoms with E-state index in [1.165, 1.54) is 6.33 Å². The van der Waals surface area contributed by atoms with Gasteiger partial charge in [-0.25, -0.2) is 9.97 Å². The zero-order valence-corrected chi connectivity index (χ0v) is 12.1. The van der Waals surface area contributed by atoms with E-state index < -0.39 is 4.92 Å². The lowest BCUT2D eigenvalue weighted by atomic mass is 10.2. The quantitative estimate of drug-likeness (QED) is 0.639. The molecule has 9 heteroatoms. The molecule has 1 aliphatic rings. The fraction of sp³-hybridized carbons (Fsp3) is 0.462. The zero-order valence-electron chi connectivity index (χ0n) is 12.1. The summed E-state index contributed by atoms with van der Waals surface area (Å²) in [5.74, 6) is 1.29. The topological polar surface area (TPSA) is 119 Å². The lowest BCUT2D eigenvalue weighted by Crippen LogP contribution is -2.17. The number of nitrogens with one attached hydrogen (secondary N) is 2. The van der Waals surface area contributed by atoms with Gasteiger partial charge in [-0.3, -0.25) is 10.1 Å². The predicted molar refractivity (Wildman–Crippen MR) is 79.1 cm³/mol. The van der Waals surface area contributed by atoms with E-state index in [-0.39, 0.29) is 23.4 Å². The van der Waals surface area contributed by atoms with Gasteiger partial charge in [-0.2, -0.15) is 0 Å². The summed E-state index contributed by atoms with van der Waals surface area (Å²) >= 11 is 0. The van der Waals surface area contributed by atoms with Gasteiger partial charge in [-0.05, 0) is 19.8 Å². The molecule has 1 saturated carbocycles. The molecule has 0 aromatic carbocycles. The molecule has 116 valence electrons. The molecule has 9 nitrogen and oxygen atoms in total. The highest BCUT2D eigenvalue weighted by atomic mass is 16.6. The second-order valence-electron chi connectivity index (χ2n) is 5.25. The van der Waals surface area contributed by atoms with E-state index >= 15 is 0 Å². The first-order valence-corrected chi connectivity index (χ1v) is 7.10. The lowest BCUT2D eigenvalue weighted by molar-refractivity contribution is -0.383. The molecule has 0 amide bonds. The van der Waals surface area contributed by atoms with E-state index in [9.17, 15) is 10.1 Å². The summed E-state index contributed by atoms with van der Waals surface area (Å²) in [6, 6.07) is 1.85. The van der Waals surface area contributed by atoms with Gasteiger partial charge < -0.3 is 15.2 Å². The smallest absolute Gasteiger partial charge is 0.353 e. The van der Waals surface area contributed by atoms with Crippen LogP contribution >= 0.6 is 0 Å². The lowest BCUT2D eigenvalue weighted by Gasteiger charge is -2.13. The first-order valence-electron chi connectivity index (χ1n) is 7.10. The summed E-state index contributed by atoms with van der Waals surface area (Å²) in [5, 5.41) is 21.1. The van der Waals surface area contributed by atoms with Gasteiger partial charge in [-0.1, -0.05) is 18.0 Å². The minimum Gasteiger partial charge on any atom is -0.361 e. The molecular weight excluding hydrogens is 288 g/mol. The molecule has 0 spiro atoms. The third-order valence-electron chi connectivity index (χ3n) is 3.58. The van der Waals surface area contributed by atoms with Crippen LogP contribution in [0.4, 0.5) is 23.1 Å². The molecule has 2 aromatic rings. The number of nitrogens with zero attached hydrogens (tertiary/aromatic N) is 4. The van der Waals surface area contributed by atoms with Crippen LogP contribution < -0.4 is 10.6 Å². The predicted octanol–water partition coefficient (Wildman–Crippen LogP) is 2.78. The maximum absolute atomic E-state index is 11.4. The Morgan fingerprint density at radius 2 is 2.05 bits per heavy atom. The van der Waals surface area contributed by atoms with E-state index in [1.807, 2.05) is 0 Å². The Morgan fingerprint density at radius 3 is 2.68 bits per heavy atom. The summed E-state index contributed by atoms with van der Waals surface area (Å²) in [6.45, 7) is 1.74. The fourth-order valence-electron chi connectivity index (χ4n) is 2.56. The number of hydrogen-bond acceptors (Lipinski definition) is 8. The summed E-state index contributed by atoms with van der Waals surface area (Å²) in [7, 11) is 0. The van der Waals surface area contributed by atoms with Gasteiger partial charge in [0.15, 0.2) is 5.82 Å². The fourth-order valence-corrected chi connectivity index (χ4v) is 2.56. The van der Waals surface area contributed by atoms with Crippen molar-refractivity contribution in [1.82, 2.24) is 15.1 Å². The molecule has 2 heterocycles. The number of aromatic nitrogens is 3. The molecule has 2 aromatic heterocycles. The highest BCUT2D eigenvalue weighted by molar-refractivity contribution is 5.72. The van der Waals surface area contributed by atoms with Crippen molar-refractivity contribution in [3.05, 3.63) is 28.3 Å². The Kier molecular flexibility index (Phi) is 3.86. The van der Waals surface area contributed by atoms with E-state index in [0.29, 0.717) is 11.6 Å². The van der Waals surface area contributed by atoms with Gasteiger partial charge in [0.1, 0.15) is 12.1 Å². The number of anilines is 3. The maximum atomic E-state index is 11.4. The molecule has 0 aliphatic heterocycles. The van der Waals surface area contributed by atoms with E-state index in [4.69, 9.17) is 4.52 Å². The third-order valence-corrected chi connectivity index (χ3v) is 3.58. The normalized spacial score (nSPS) is 15.0. The summed E-state index contributed by atoms with van der Waals surface area (Å²) in [6.07, 6.45) is 5.53. The van der Waals surface area contributed by atoms with Gasteiger partial charge in [0.25, 0.3) is 0 Å². The average Bonchev–Trinajstić information content (AvgIpc) is 3.11.